The number of aliphatic imine (C=N–C) groups is 1. The SMILES string of the molecule is CC(=C(C(=O)OCc1ccc([N+](=O)[O-])cc1)N1C(=O)C2N=C(Cc3ccccc3)SC21)N1CCOCC1. The zero-order valence-corrected chi connectivity index (χ0v) is 21.1. The Hall–Kier alpha value is -3.70. The van der Waals surface area contributed by atoms with Crippen LogP contribution in [0.3, 0.4) is 0 Å². The number of nitro benzene ring substituents is 1. The molecule has 1 amide bonds. The number of ether oxygens (including phenoxy) is 2. The average molecular weight is 523 g/mol. The van der Waals surface area contributed by atoms with E-state index < -0.39 is 16.9 Å². The molecule has 10 nitrogen and oxygen atoms in total. The van der Waals surface area contributed by atoms with Gasteiger partial charge in [0, 0.05) is 37.3 Å². The number of hydrogen-bond donors (Lipinski definition) is 0. The molecule has 11 heteroatoms. The molecule has 3 aliphatic heterocycles. The van der Waals surface area contributed by atoms with Crippen LogP contribution in [-0.4, -0.2) is 69.4 Å². The van der Waals surface area contributed by atoms with Crippen LogP contribution in [0.15, 0.2) is 71.0 Å². The lowest BCUT2D eigenvalue weighted by molar-refractivity contribution is -0.384. The van der Waals surface area contributed by atoms with Crippen molar-refractivity contribution in [1.82, 2.24) is 9.80 Å². The quantitative estimate of drug-likeness (QED) is 0.171. The van der Waals surface area contributed by atoms with Crippen LogP contribution >= 0.6 is 11.8 Å². The average Bonchev–Trinajstić information content (AvgIpc) is 3.29. The third-order valence-electron chi connectivity index (χ3n) is 6.53. The van der Waals surface area contributed by atoms with Crippen LogP contribution in [-0.2, 0) is 32.1 Å². The van der Waals surface area contributed by atoms with Crippen LogP contribution in [0.4, 0.5) is 5.69 Å². The van der Waals surface area contributed by atoms with Crippen LogP contribution in [0.1, 0.15) is 18.1 Å². The van der Waals surface area contributed by atoms with Gasteiger partial charge in [0.2, 0.25) is 0 Å². The normalized spacial score (nSPS) is 21.5. The molecule has 5 rings (SSSR count). The molecular weight excluding hydrogens is 496 g/mol. The number of fused-ring (bicyclic) bond motifs is 1. The first kappa shape index (κ1) is 25.0. The summed E-state index contributed by atoms with van der Waals surface area (Å²) in [6.07, 6.45) is 0.631. The van der Waals surface area contributed by atoms with E-state index in [9.17, 15) is 19.7 Å². The van der Waals surface area contributed by atoms with Crippen LogP contribution in [0.2, 0.25) is 0 Å². The van der Waals surface area contributed by atoms with E-state index in [0.29, 0.717) is 44.0 Å². The minimum Gasteiger partial charge on any atom is -0.456 e. The molecule has 0 bridgehead atoms. The maximum absolute atomic E-state index is 13.4. The second-order valence-corrected chi connectivity index (χ2v) is 10.1. The maximum Gasteiger partial charge on any atom is 0.357 e. The molecule has 2 saturated heterocycles. The summed E-state index contributed by atoms with van der Waals surface area (Å²) in [7, 11) is 0. The first-order valence-corrected chi connectivity index (χ1v) is 12.8. The summed E-state index contributed by atoms with van der Waals surface area (Å²) < 4.78 is 11.1. The van der Waals surface area contributed by atoms with E-state index in [1.165, 1.54) is 28.8 Å². The number of hydrogen-bond acceptors (Lipinski definition) is 9. The lowest BCUT2D eigenvalue weighted by Gasteiger charge is -2.43. The molecule has 0 saturated carbocycles. The van der Waals surface area contributed by atoms with Gasteiger partial charge in [-0.15, -0.1) is 0 Å². The molecule has 2 atom stereocenters. The second-order valence-electron chi connectivity index (χ2n) is 8.88. The number of likely N-dealkylation sites (tertiary alicyclic amines) is 1. The number of nitrogens with zero attached hydrogens (tertiary/aromatic N) is 4. The van der Waals surface area contributed by atoms with Gasteiger partial charge in [-0.05, 0) is 30.2 Å². The minimum absolute atomic E-state index is 0.0411. The van der Waals surface area contributed by atoms with Gasteiger partial charge in [-0.1, -0.05) is 42.1 Å². The van der Waals surface area contributed by atoms with Crippen molar-refractivity contribution in [2.75, 3.05) is 26.3 Å². The van der Waals surface area contributed by atoms with Gasteiger partial charge in [0.15, 0.2) is 6.04 Å². The summed E-state index contributed by atoms with van der Waals surface area (Å²) in [4.78, 5) is 45.2. The Balaban J connectivity index is 1.34. The van der Waals surface area contributed by atoms with E-state index in [1.807, 2.05) is 42.2 Å². The largest absolute Gasteiger partial charge is 0.456 e. The van der Waals surface area contributed by atoms with Gasteiger partial charge in [-0.2, -0.15) is 0 Å². The molecule has 0 aliphatic carbocycles. The molecular formula is C26H26N4O6S. The van der Waals surface area contributed by atoms with Crippen molar-refractivity contribution in [2.24, 2.45) is 4.99 Å². The van der Waals surface area contributed by atoms with E-state index in [-0.39, 0.29) is 29.3 Å². The summed E-state index contributed by atoms with van der Waals surface area (Å²) in [6.45, 7) is 4.01. The molecule has 2 aromatic carbocycles. The van der Waals surface area contributed by atoms with Crippen molar-refractivity contribution in [3.8, 4) is 0 Å². The number of esters is 1. The first-order valence-electron chi connectivity index (χ1n) is 12.0. The Morgan fingerprint density at radius 2 is 1.84 bits per heavy atom. The van der Waals surface area contributed by atoms with Gasteiger partial charge in [0.05, 0.1) is 23.2 Å². The molecule has 3 heterocycles. The van der Waals surface area contributed by atoms with Gasteiger partial charge in [-0.25, -0.2) is 4.79 Å². The molecule has 0 spiro atoms. The lowest BCUT2D eigenvalue weighted by atomic mass is 10.1. The highest BCUT2D eigenvalue weighted by Crippen LogP contribution is 2.43. The van der Waals surface area contributed by atoms with Crippen molar-refractivity contribution in [1.29, 1.82) is 0 Å². The fourth-order valence-corrected chi connectivity index (χ4v) is 5.83. The molecule has 0 N–H and O–H groups in total. The number of rotatable bonds is 8. The van der Waals surface area contributed by atoms with Crippen LogP contribution < -0.4 is 0 Å². The van der Waals surface area contributed by atoms with Crippen molar-refractivity contribution < 1.29 is 24.0 Å². The smallest absolute Gasteiger partial charge is 0.357 e. The Morgan fingerprint density at radius 3 is 2.51 bits per heavy atom. The molecule has 0 aromatic heterocycles. The number of thioether (sulfide) groups is 1. The predicted molar refractivity (Wildman–Crippen MR) is 138 cm³/mol. The van der Waals surface area contributed by atoms with Crippen LogP contribution in [0, 0.1) is 10.1 Å². The topological polar surface area (TPSA) is 115 Å². The number of β-lactam (4-membered cyclic amide) rings is 1. The van der Waals surface area contributed by atoms with Crippen molar-refractivity contribution in [3.05, 3.63) is 87.2 Å². The summed E-state index contributed by atoms with van der Waals surface area (Å²) in [6, 6.07) is 15.2. The summed E-state index contributed by atoms with van der Waals surface area (Å²) in [5, 5.41) is 11.5. The highest BCUT2D eigenvalue weighted by Gasteiger charge is 2.55. The Kier molecular flexibility index (Phi) is 7.24. The number of amides is 1. The Labute approximate surface area is 218 Å². The third-order valence-corrected chi connectivity index (χ3v) is 7.76. The number of benzene rings is 2. The van der Waals surface area contributed by atoms with Crippen LogP contribution in [0.25, 0.3) is 0 Å². The number of carbonyl (C=O) groups is 2. The van der Waals surface area contributed by atoms with E-state index >= 15 is 0 Å². The minimum atomic E-state index is -0.619. The zero-order chi connectivity index (χ0) is 25.9. The van der Waals surface area contributed by atoms with E-state index in [0.717, 1.165) is 10.6 Å². The number of morpholine rings is 1. The second kappa shape index (κ2) is 10.7. The Bertz CT molecular complexity index is 1260. The van der Waals surface area contributed by atoms with Gasteiger partial charge < -0.3 is 14.4 Å². The summed E-state index contributed by atoms with van der Waals surface area (Å²) >= 11 is 1.50. The van der Waals surface area contributed by atoms with Gasteiger partial charge >= 0.3 is 5.97 Å². The van der Waals surface area contributed by atoms with Gasteiger partial charge in [0.25, 0.3) is 11.6 Å². The van der Waals surface area contributed by atoms with Gasteiger partial charge in [-0.3, -0.25) is 24.8 Å². The third kappa shape index (κ3) is 5.23. The molecule has 2 aromatic rings. The highest BCUT2D eigenvalue weighted by atomic mass is 32.2. The van der Waals surface area contributed by atoms with Crippen molar-refractivity contribution in [2.45, 2.75) is 31.4 Å². The van der Waals surface area contributed by atoms with Crippen LogP contribution in [0.5, 0.6) is 0 Å². The zero-order valence-electron chi connectivity index (χ0n) is 20.2. The molecule has 3 aliphatic rings. The maximum atomic E-state index is 13.4. The highest BCUT2D eigenvalue weighted by molar-refractivity contribution is 8.14. The summed E-state index contributed by atoms with van der Waals surface area (Å²) in [5.41, 5.74) is 2.54. The standard InChI is InChI=1S/C26H26N4O6S/c1-17(28-11-13-35-14-12-28)23(26(32)36-16-19-7-9-20(10-8-19)30(33)34)29-24(31)22-25(29)37-21(27-22)15-18-5-3-2-4-6-18/h2-10,22,25H,11-16H2,1H3. The predicted octanol–water partition coefficient (Wildman–Crippen LogP) is 3.13. The number of nitro groups is 1. The Morgan fingerprint density at radius 1 is 1.14 bits per heavy atom. The monoisotopic (exact) mass is 522 g/mol. The lowest BCUT2D eigenvalue weighted by Crippen LogP contribution is -2.61. The number of carbonyl (C=O) groups excluding carboxylic acids is 2. The number of non-ortho nitro benzene ring substituents is 1. The van der Waals surface area contributed by atoms with E-state index in [1.54, 1.807) is 12.1 Å². The summed E-state index contributed by atoms with van der Waals surface area (Å²) in [5.74, 6) is -0.846. The fraction of sp³-hybridized carbons (Fsp3) is 0.346. The molecule has 37 heavy (non-hydrogen) atoms. The van der Waals surface area contributed by atoms with Crippen molar-refractivity contribution >= 4 is 34.4 Å². The van der Waals surface area contributed by atoms with Gasteiger partial charge in [0.1, 0.15) is 17.7 Å². The molecule has 0 radical (unpaired) electrons. The van der Waals surface area contributed by atoms with Crippen molar-refractivity contribution in [3.63, 3.8) is 0 Å². The molecule has 2 fully saturated rings. The van der Waals surface area contributed by atoms with E-state index in [2.05, 4.69) is 4.99 Å². The van der Waals surface area contributed by atoms with E-state index in [4.69, 9.17) is 9.47 Å². The fourth-order valence-electron chi connectivity index (χ4n) is 4.51. The molecule has 192 valence electrons. The molecule has 2 unspecified atom stereocenters. The first-order chi connectivity index (χ1) is 17.9. The number of allylic oxidation sites excluding steroid dienone is 1.